The van der Waals surface area contributed by atoms with Gasteiger partial charge >= 0.3 is 0 Å². The number of carbonyl (C=O) groups excluding carboxylic acids is 2. The zero-order valence-corrected chi connectivity index (χ0v) is 39.3. The van der Waals surface area contributed by atoms with Crippen LogP contribution in [0.3, 0.4) is 0 Å². The van der Waals surface area contributed by atoms with Crippen LogP contribution in [-0.2, 0) is 61.2 Å². The molecule has 5 atom stereocenters. The van der Waals surface area contributed by atoms with Gasteiger partial charge < -0.3 is 39.6 Å². The van der Waals surface area contributed by atoms with Crippen molar-refractivity contribution < 1.29 is 33.6 Å². The van der Waals surface area contributed by atoms with Crippen LogP contribution in [0.1, 0.15) is 91.1 Å². The van der Waals surface area contributed by atoms with Crippen LogP contribution in [0.4, 0.5) is 0 Å². The smallest absolute Gasteiger partial charge is 0.245 e. The molecule has 0 aromatic heterocycles. The summed E-state index contributed by atoms with van der Waals surface area (Å²) in [5, 5.41) is 17.6. The first-order chi connectivity index (χ1) is 31.2. The molecule has 346 valence electrons. The number of benzene rings is 5. The summed E-state index contributed by atoms with van der Waals surface area (Å²) < 4.78 is 27.7. The summed E-state index contributed by atoms with van der Waals surface area (Å²) in [6.07, 6.45) is -0.834. The Kier molecular flexibility index (Phi) is 17.7. The Morgan fingerprint density at radius 2 is 1.20 bits per heavy atom. The third kappa shape index (κ3) is 14.6. The fraction of sp³-hybridized carbons (Fsp3) is 0.418. The van der Waals surface area contributed by atoms with E-state index in [1.165, 1.54) is 0 Å². The Bertz CT molecular complexity index is 2230. The van der Waals surface area contributed by atoms with Gasteiger partial charge in [0.25, 0.3) is 0 Å². The van der Waals surface area contributed by atoms with Crippen molar-refractivity contribution in [1.29, 1.82) is 0 Å². The van der Waals surface area contributed by atoms with Crippen LogP contribution in [0.15, 0.2) is 133 Å². The van der Waals surface area contributed by atoms with E-state index in [0.29, 0.717) is 45.6 Å². The molecular formula is C55H69N3O7. The number of ether oxygens (including phenoxy) is 4. The zero-order chi connectivity index (χ0) is 46.4. The average molecular weight is 884 g/mol. The molecule has 10 heteroatoms. The molecule has 1 fully saturated rings. The predicted molar refractivity (Wildman–Crippen MR) is 256 cm³/mol. The van der Waals surface area contributed by atoms with Crippen LogP contribution >= 0.6 is 0 Å². The highest BCUT2D eigenvalue weighted by molar-refractivity contribution is 5.90. The Morgan fingerprint density at radius 3 is 1.74 bits per heavy atom. The number of aliphatic hydroxyl groups is 1. The van der Waals surface area contributed by atoms with Gasteiger partial charge in [-0.25, -0.2) is 0 Å². The molecule has 2 amide bonds. The molecule has 5 aromatic carbocycles. The van der Waals surface area contributed by atoms with Crippen molar-refractivity contribution in [2.75, 3.05) is 27.2 Å². The van der Waals surface area contributed by atoms with Crippen molar-refractivity contribution >= 4 is 11.8 Å². The first kappa shape index (κ1) is 49.2. The van der Waals surface area contributed by atoms with Crippen LogP contribution in [-0.4, -0.2) is 84.6 Å². The van der Waals surface area contributed by atoms with E-state index in [2.05, 4.69) is 60.0 Å². The molecule has 0 saturated carbocycles. The van der Waals surface area contributed by atoms with Crippen molar-refractivity contribution in [2.45, 2.75) is 122 Å². The van der Waals surface area contributed by atoms with E-state index in [1.807, 2.05) is 110 Å². The molecule has 1 aliphatic heterocycles. The third-order valence-electron chi connectivity index (χ3n) is 11.9. The lowest BCUT2D eigenvalue weighted by Gasteiger charge is -2.49. The molecule has 5 aromatic rings. The summed E-state index contributed by atoms with van der Waals surface area (Å²) in [7, 11) is 3.90. The van der Waals surface area contributed by atoms with Crippen LogP contribution in [0, 0.1) is 6.92 Å². The number of hydrogen-bond donors (Lipinski definition) is 3. The lowest BCUT2D eigenvalue weighted by Crippen LogP contribution is -2.62. The van der Waals surface area contributed by atoms with E-state index < -0.39 is 41.7 Å². The van der Waals surface area contributed by atoms with Gasteiger partial charge in [-0.1, -0.05) is 133 Å². The lowest BCUT2D eigenvalue weighted by molar-refractivity contribution is -0.294. The SMILES string of the molecule is Cc1ccc([C@@H]2O[C@H](C(C)(C)O)[C@@H](OCc3ccccc3)[C@H](OCc3ccccc3)[C@H]2OCc2ccccc2)cc1Cc1ccc(CCCC(=O)NC(C)(C)C(=O)NCCN(C)C)cc1. The molecule has 65 heavy (non-hydrogen) atoms. The molecule has 1 saturated heterocycles. The standard InChI is InChI=1S/C55H69N3O7/c1-39-26-31-45(35-46(39)34-41-29-27-40(28-30-41)24-17-25-47(59)57-54(2,3)53(60)56-32-33-58(6)7)48-49(62-36-42-18-11-8-12-19-42)50(63-37-43-20-13-9-14-21-43)51(52(65-48)55(4,5)61)64-38-44-22-15-10-16-23-44/h8-16,18-23,26-31,35,48-52,61H,17,24-25,32-34,36-38H2,1-7H3,(H,56,60)(H,57,59)/t48-,49-,50+,51-,52-/m0/s1. The normalized spacial score (nSPS) is 18.9. The quantitative estimate of drug-likeness (QED) is 0.0635. The number of rotatable bonds is 22. The first-order valence-corrected chi connectivity index (χ1v) is 22.9. The number of carbonyl (C=O) groups is 2. The fourth-order valence-corrected chi connectivity index (χ4v) is 8.17. The number of amides is 2. The molecule has 0 unspecified atom stereocenters. The minimum Gasteiger partial charge on any atom is -0.388 e. The van der Waals surface area contributed by atoms with Gasteiger partial charge in [0.1, 0.15) is 36.1 Å². The van der Waals surface area contributed by atoms with Gasteiger partial charge in [-0.3, -0.25) is 9.59 Å². The highest BCUT2D eigenvalue weighted by Crippen LogP contribution is 2.42. The first-order valence-electron chi connectivity index (χ1n) is 22.9. The number of nitrogens with zero attached hydrogens (tertiary/aromatic N) is 1. The molecule has 3 N–H and O–H groups in total. The van der Waals surface area contributed by atoms with Crippen LogP contribution in [0.5, 0.6) is 0 Å². The van der Waals surface area contributed by atoms with E-state index in [9.17, 15) is 14.7 Å². The molecule has 6 rings (SSSR count). The summed E-state index contributed by atoms with van der Waals surface area (Å²) >= 11 is 0. The summed E-state index contributed by atoms with van der Waals surface area (Å²) in [4.78, 5) is 27.5. The molecule has 1 aliphatic rings. The van der Waals surface area contributed by atoms with Gasteiger partial charge in [-0.2, -0.15) is 0 Å². The maximum Gasteiger partial charge on any atom is 0.245 e. The molecule has 0 spiro atoms. The van der Waals surface area contributed by atoms with Gasteiger partial charge in [0.05, 0.1) is 25.4 Å². The predicted octanol–water partition coefficient (Wildman–Crippen LogP) is 8.45. The molecule has 1 heterocycles. The highest BCUT2D eigenvalue weighted by Gasteiger charge is 2.53. The molecule has 0 bridgehead atoms. The Hall–Kier alpha value is -5.20. The second-order valence-electron chi connectivity index (χ2n) is 18.7. The van der Waals surface area contributed by atoms with Gasteiger partial charge in [-0.15, -0.1) is 0 Å². The maximum atomic E-state index is 12.8. The Balaban J connectivity index is 1.20. The molecule has 0 aliphatic carbocycles. The van der Waals surface area contributed by atoms with Gasteiger partial charge in [0, 0.05) is 19.5 Å². The van der Waals surface area contributed by atoms with Crippen molar-refractivity contribution in [1.82, 2.24) is 15.5 Å². The van der Waals surface area contributed by atoms with E-state index in [1.54, 1.807) is 27.7 Å². The minimum atomic E-state index is -1.30. The van der Waals surface area contributed by atoms with Crippen LogP contribution in [0.25, 0.3) is 0 Å². The topological polar surface area (TPSA) is 119 Å². The second-order valence-corrected chi connectivity index (χ2v) is 18.7. The zero-order valence-electron chi connectivity index (χ0n) is 39.3. The second kappa shape index (κ2) is 23.3. The Morgan fingerprint density at radius 1 is 0.677 bits per heavy atom. The highest BCUT2D eigenvalue weighted by atomic mass is 16.6. The monoisotopic (exact) mass is 884 g/mol. The number of likely N-dealkylation sites (N-methyl/N-ethyl adjacent to an activating group) is 1. The van der Waals surface area contributed by atoms with Crippen LogP contribution in [0.2, 0.25) is 0 Å². The number of hydrogen-bond acceptors (Lipinski definition) is 8. The number of aryl methyl sites for hydroxylation is 2. The fourth-order valence-electron chi connectivity index (χ4n) is 8.17. The van der Waals surface area contributed by atoms with E-state index >= 15 is 0 Å². The summed E-state index contributed by atoms with van der Waals surface area (Å²) in [6, 6.07) is 45.2. The molecular weight excluding hydrogens is 815 g/mol. The van der Waals surface area contributed by atoms with Crippen molar-refractivity contribution in [2.24, 2.45) is 0 Å². The summed E-state index contributed by atoms with van der Waals surface area (Å²) in [6.45, 7) is 11.3. The van der Waals surface area contributed by atoms with Crippen molar-refractivity contribution in [3.63, 3.8) is 0 Å². The van der Waals surface area contributed by atoms with Crippen LogP contribution < -0.4 is 10.6 Å². The average Bonchev–Trinajstić information content (AvgIpc) is 3.28. The van der Waals surface area contributed by atoms with Crippen molar-refractivity contribution in [3.8, 4) is 0 Å². The lowest BCUT2D eigenvalue weighted by atomic mass is 9.83. The van der Waals surface area contributed by atoms with E-state index in [-0.39, 0.29) is 11.8 Å². The Labute approximate surface area is 386 Å². The van der Waals surface area contributed by atoms with Gasteiger partial charge in [0.15, 0.2) is 0 Å². The van der Waals surface area contributed by atoms with Gasteiger partial charge in [0.2, 0.25) is 11.8 Å². The summed E-state index contributed by atoms with van der Waals surface area (Å²) in [5.41, 5.74) is 6.28. The largest absolute Gasteiger partial charge is 0.388 e. The van der Waals surface area contributed by atoms with Gasteiger partial charge in [-0.05, 0) is 112 Å². The number of nitrogens with one attached hydrogen (secondary N) is 2. The summed E-state index contributed by atoms with van der Waals surface area (Å²) in [5.74, 6) is -0.336. The third-order valence-corrected chi connectivity index (χ3v) is 11.9. The van der Waals surface area contributed by atoms with E-state index in [0.717, 1.165) is 57.5 Å². The maximum absolute atomic E-state index is 12.8. The van der Waals surface area contributed by atoms with E-state index in [4.69, 9.17) is 18.9 Å². The molecule has 10 nitrogen and oxygen atoms in total. The van der Waals surface area contributed by atoms with Crippen molar-refractivity contribution in [3.05, 3.63) is 178 Å². The minimum absolute atomic E-state index is 0.141. The molecule has 0 radical (unpaired) electrons.